The predicted molar refractivity (Wildman–Crippen MR) is 153 cm³/mol. The molecule has 1 unspecified atom stereocenters. The highest BCUT2D eigenvalue weighted by atomic mass is 16.5. The average Bonchev–Trinajstić information content (AvgIpc) is 3.61. The van der Waals surface area contributed by atoms with Crippen molar-refractivity contribution < 1.29 is 9.53 Å². The second kappa shape index (κ2) is 10.7. The summed E-state index contributed by atoms with van der Waals surface area (Å²) in [6.45, 7) is 3.58. The number of ether oxygens (including phenoxy) is 1. The highest BCUT2D eigenvalue weighted by Crippen LogP contribution is 2.25. The van der Waals surface area contributed by atoms with Crippen LogP contribution in [0.15, 0.2) is 77.9 Å². The fourth-order valence-corrected chi connectivity index (χ4v) is 5.08. The zero-order valence-electron chi connectivity index (χ0n) is 22.0. The minimum Gasteiger partial charge on any atom is -0.381 e. The number of nitrogen functional groups attached to an aromatic ring is 1. The number of anilines is 1. The van der Waals surface area contributed by atoms with Crippen LogP contribution in [0.5, 0.6) is 0 Å². The van der Waals surface area contributed by atoms with Gasteiger partial charge in [-0.2, -0.15) is 0 Å². The number of nitrogens with two attached hydrogens (primary N) is 1. The molecule has 2 aromatic carbocycles. The monoisotopic (exact) mass is 532 g/mol. The van der Waals surface area contributed by atoms with E-state index in [1.165, 1.54) is 4.52 Å². The summed E-state index contributed by atoms with van der Waals surface area (Å²) in [5, 5.41) is 8.51. The molecule has 0 bridgehead atoms. The van der Waals surface area contributed by atoms with E-state index in [0.29, 0.717) is 29.8 Å². The number of pyridine rings is 1. The number of carbonyl (C=O) groups excluding carboxylic acids is 1. The molecule has 2 atom stereocenters. The third kappa shape index (κ3) is 4.70. The van der Waals surface area contributed by atoms with Crippen molar-refractivity contribution in [2.75, 3.05) is 25.5 Å². The Morgan fingerprint density at radius 3 is 2.85 bits per heavy atom. The van der Waals surface area contributed by atoms with Crippen molar-refractivity contribution in [3.8, 4) is 17.5 Å². The summed E-state index contributed by atoms with van der Waals surface area (Å²) in [5.41, 5.74) is 8.70. The SMILES string of the molecule is C[C@H](CNC(=O)c1c(N)nn2cccnc12)c1cc2cccc(C#CC3CCOC3)c2c(=O)n1-c1ccccc1. The van der Waals surface area contributed by atoms with Crippen LogP contribution in [0.25, 0.3) is 22.1 Å². The number of nitrogens with one attached hydrogen (secondary N) is 1. The first kappa shape index (κ1) is 25.3. The summed E-state index contributed by atoms with van der Waals surface area (Å²) in [7, 11) is 0. The first-order valence-electron chi connectivity index (χ1n) is 13.2. The van der Waals surface area contributed by atoms with Crippen molar-refractivity contribution in [2.45, 2.75) is 19.3 Å². The van der Waals surface area contributed by atoms with E-state index in [-0.39, 0.29) is 41.2 Å². The standard InChI is InChI=1S/C31H28N6O3/c1-20(18-34-30(38)27-28(32)35-36-15-6-14-33-29(27)36)25-17-23-8-5-7-22(12-11-21-13-16-40-19-21)26(23)31(39)37(25)24-9-3-2-4-10-24/h2-10,14-15,17,20-21H,13,16,18-19H2,1H3,(H2,32,35)(H,34,38)/t20-,21?/m1/s1. The molecule has 1 aliphatic heterocycles. The highest BCUT2D eigenvalue weighted by molar-refractivity contribution is 6.04. The molecule has 200 valence electrons. The van der Waals surface area contributed by atoms with Crippen LogP contribution in [0.4, 0.5) is 5.82 Å². The molecule has 3 aromatic heterocycles. The van der Waals surface area contributed by atoms with Crippen molar-refractivity contribution in [3.05, 3.63) is 100 Å². The summed E-state index contributed by atoms with van der Waals surface area (Å²) in [6, 6.07) is 19.0. The van der Waals surface area contributed by atoms with E-state index in [1.807, 2.05) is 61.5 Å². The van der Waals surface area contributed by atoms with Crippen molar-refractivity contribution in [3.63, 3.8) is 0 Å². The van der Waals surface area contributed by atoms with Gasteiger partial charge in [-0.3, -0.25) is 14.2 Å². The van der Waals surface area contributed by atoms with Crippen LogP contribution in [0.2, 0.25) is 0 Å². The summed E-state index contributed by atoms with van der Waals surface area (Å²) < 4.78 is 8.65. The summed E-state index contributed by atoms with van der Waals surface area (Å²) >= 11 is 0. The Morgan fingerprint density at radius 1 is 1.20 bits per heavy atom. The molecule has 1 amide bonds. The van der Waals surface area contributed by atoms with Crippen molar-refractivity contribution in [2.24, 2.45) is 5.92 Å². The lowest BCUT2D eigenvalue weighted by molar-refractivity contribution is 0.0953. The average molecular weight is 533 g/mol. The number of nitrogens with zero attached hydrogens (tertiary/aromatic N) is 4. The number of para-hydroxylation sites is 1. The molecule has 0 spiro atoms. The first-order chi connectivity index (χ1) is 19.5. The molecular weight excluding hydrogens is 504 g/mol. The van der Waals surface area contributed by atoms with Gasteiger partial charge < -0.3 is 15.8 Å². The van der Waals surface area contributed by atoms with Crippen molar-refractivity contribution >= 4 is 28.1 Å². The summed E-state index contributed by atoms with van der Waals surface area (Å²) in [5.74, 6) is 6.22. The molecule has 0 radical (unpaired) electrons. The number of carbonyl (C=O) groups is 1. The predicted octanol–water partition coefficient (Wildman–Crippen LogP) is 3.54. The van der Waals surface area contributed by atoms with Gasteiger partial charge in [0.1, 0.15) is 5.56 Å². The molecule has 3 N–H and O–H groups in total. The molecular formula is C31H28N6O3. The van der Waals surface area contributed by atoms with Crippen LogP contribution in [-0.2, 0) is 4.74 Å². The fraction of sp³-hybridized carbons (Fsp3) is 0.226. The fourth-order valence-electron chi connectivity index (χ4n) is 5.08. The number of rotatable bonds is 5. The number of benzene rings is 2. The van der Waals surface area contributed by atoms with Gasteiger partial charge in [0.2, 0.25) is 0 Å². The van der Waals surface area contributed by atoms with Gasteiger partial charge in [-0.15, -0.1) is 5.10 Å². The van der Waals surface area contributed by atoms with Gasteiger partial charge in [0.25, 0.3) is 11.5 Å². The van der Waals surface area contributed by atoms with E-state index >= 15 is 0 Å². The van der Waals surface area contributed by atoms with Crippen LogP contribution in [0.1, 0.15) is 40.9 Å². The van der Waals surface area contributed by atoms with E-state index < -0.39 is 0 Å². The minimum absolute atomic E-state index is 0.105. The van der Waals surface area contributed by atoms with Crippen molar-refractivity contribution in [1.82, 2.24) is 24.5 Å². The second-order valence-electron chi connectivity index (χ2n) is 9.90. The van der Waals surface area contributed by atoms with E-state index in [4.69, 9.17) is 10.5 Å². The Labute approximate surface area is 230 Å². The maximum Gasteiger partial charge on any atom is 0.264 e. The zero-order chi connectivity index (χ0) is 27.6. The molecule has 0 saturated carbocycles. The van der Waals surface area contributed by atoms with Crippen LogP contribution in [0, 0.1) is 17.8 Å². The number of amides is 1. The Bertz CT molecular complexity index is 1840. The van der Waals surface area contributed by atoms with Crippen LogP contribution < -0.4 is 16.6 Å². The largest absolute Gasteiger partial charge is 0.381 e. The lowest BCUT2D eigenvalue weighted by Crippen LogP contribution is -2.31. The van der Waals surface area contributed by atoms with E-state index in [1.54, 1.807) is 23.0 Å². The molecule has 4 heterocycles. The minimum atomic E-state index is -0.374. The first-order valence-corrected chi connectivity index (χ1v) is 13.2. The second-order valence-corrected chi connectivity index (χ2v) is 9.90. The van der Waals surface area contributed by atoms with Crippen molar-refractivity contribution in [1.29, 1.82) is 0 Å². The maximum absolute atomic E-state index is 14.1. The number of fused-ring (bicyclic) bond motifs is 2. The van der Waals surface area contributed by atoms with Gasteiger partial charge in [0, 0.05) is 54.3 Å². The lowest BCUT2D eigenvalue weighted by Gasteiger charge is -2.20. The molecule has 0 aliphatic carbocycles. The third-order valence-corrected chi connectivity index (χ3v) is 7.15. The molecule has 9 nitrogen and oxygen atoms in total. The van der Waals surface area contributed by atoms with E-state index in [0.717, 1.165) is 23.2 Å². The highest BCUT2D eigenvalue weighted by Gasteiger charge is 2.22. The summed E-state index contributed by atoms with van der Waals surface area (Å²) in [4.78, 5) is 31.5. The number of hydrogen-bond donors (Lipinski definition) is 2. The molecule has 6 rings (SSSR count). The Hall–Kier alpha value is -4.94. The van der Waals surface area contributed by atoms with Gasteiger partial charge in [0.05, 0.1) is 12.0 Å². The Morgan fingerprint density at radius 2 is 2.05 bits per heavy atom. The topological polar surface area (TPSA) is 117 Å². The third-order valence-electron chi connectivity index (χ3n) is 7.15. The molecule has 1 aliphatic rings. The molecule has 40 heavy (non-hydrogen) atoms. The zero-order valence-corrected chi connectivity index (χ0v) is 22.0. The number of hydrogen-bond acceptors (Lipinski definition) is 6. The molecule has 9 heteroatoms. The Kier molecular flexibility index (Phi) is 6.76. The number of aromatic nitrogens is 4. The molecule has 1 saturated heterocycles. The molecule has 1 fully saturated rings. The molecule has 5 aromatic rings. The smallest absolute Gasteiger partial charge is 0.264 e. The van der Waals surface area contributed by atoms with Gasteiger partial charge >= 0.3 is 0 Å². The van der Waals surface area contributed by atoms with Crippen LogP contribution in [0.3, 0.4) is 0 Å². The lowest BCUT2D eigenvalue weighted by atomic mass is 9.99. The van der Waals surface area contributed by atoms with Crippen LogP contribution >= 0.6 is 0 Å². The van der Waals surface area contributed by atoms with Gasteiger partial charge in [-0.1, -0.05) is 49.1 Å². The van der Waals surface area contributed by atoms with Gasteiger partial charge in [-0.05, 0) is 42.1 Å². The van der Waals surface area contributed by atoms with Crippen LogP contribution in [-0.4, -0.2) is 44.8 Å². The maximum atomic E-state index is 14.1. The van der Waals surface area contributed by atoms with Gasteiger partial charge in [0.15, 0.2) is 11.5 Å². The normalized spacial score (nSPS) is 15.6. The van der Waals surface area contributed by atoms with E-state index in [2.05, 4.69) is 27.2 Å². The van der Waals surface area contributed by atoms with Gasteiger partial charge in [-0.25, -0.2) is 9.50 Å². The Balaban J connectivity index is 1.38. The summed E-state index contributed by atoms with van der Waals surface area (Å²) in [6.07, 6.45) is 4.17. The quantitative estimate of drug-likeness (QED) is 0.335. The van der Waals surface area contributed by atoms with E-state index in [9.17, 15) is 9.59 Å².